The second kappa shape index (κ2) is 3.80. The molecule has 1 aromatic heterocycles. The van der Waals surface area contributed by atoms with Crippen LogP contribution in [0, 0.1) is 0 Å². The fraction of sp³-hybridized carbons (Fsp3) is 0.400. The van der Waals surface area contributed by atoms with E-state index in [0.29, 0.717) is 0 Å². The van der Waals surface area contributed by atoms with Gasteiger partial charge in [-0.15, -0.1) is 12.4 Å². The van der Waals surface area contributed by atoms with Crippen LogP contribution in [-0.4, -0.2) is 15.8 Å². The molecule has 1 aromatic rings. The van der Waals surface area contributed by atoms with E-state index in [1.807, 2.05) is 24.1 Å². The van der Waals surface area contributed by atoms with Crippen LogP contribution in [0.15, 0.2) is 17.6 Å². The molecule has 0 spiro atoms. The Kier molecular flexibility index (Phi) is 3.73. The molecule has 0 saturated carbocycles. The van der Waals surface area contributed by atoms with Crippen LogP contribution in [0.5, 0.6) is 0 Å². The quantitative estimate of drug-likeness (QED) is 0.587. The van der Waals surface area contributed by atoms with Gasteiger partial charge in [-0.3, -0.25) is 0 Å². The number of nitrogens with zero attached hydrogens (tertiary/aromatic N) is 2. The molecule has 4 heteroatoms. The summed E-state index contributed by atoms with van der Waals surface area (Å²) in [7, 11) is 1.98. The largest absolute Gasteiger partial charge is 0.329 e. The molecule has 0 unspecified atom stereocenters. The zero-order valence-electron chi connectivity index (χ0n) is 5.37. The minimum absolute atomic E-state index is 0. The van der Waals surface area contributed by atoms with Gasteiger partial charge in [0.05, 0.1) is 0 Å². The molecule has 2 nitrogen and oxygen atoms in total. The van der Waals surface area contributed by atoms with Gasteiger partial charge in [0.2, 0.25) is 0 Å². The van der Waals surface area contributed by atoms with Crippen molar-refractivity contribution in [3.63, 3.8) is 0 Å². The number of aromatic nitrogens is 2. The minimum atomic E-state index is 0. The van der Waals surface area contributed by atoms with Gasteiger partial charge in [-0.25, -0.2) is 4.98 Å². The van der Waals surface area contributed by atoms with Crippen LogP contribution in [0.4, 0.5) is 0 Å². The first-order valence-electron chi connectivity index (χ1n) is 2.36. The maximum atomic E-state index is 4.06. The highest BCUT2D eigenvalue weighted by Gasteiger charge is 1.91. The number of imidazole rings is 1. The molecule has 0 amide bonds. The van der Waals surface area contributed by atoms with Crippen LogP contribution >= 0.6 is 24.2 Å². The van der Waals surface area contributed by atoms with Gasteiger partial charge in [0, 0.05) is 19.4 Å². The van der Waals surface area contributed by atoms with Crippen molar-refractivity contribution in [3.05, 3.63) is 12.4 Å². The number of hydrogen-bond donors (Lipinski definition) is 0. The lowest BCUT2D eigenvalue weighted by Crippen LogP contribution is -1.85. The Morgan fingerprint density at radius 1 is 1.67 bits per heavy atom. The predicted molar refractivity (Wildman–Crippen MR) is 42.2 cm³/mol. The van der Waals surface area contributed by atoms with E-state index in [4.69, 9.17) is 0 Å². The van der Waals surface area contributed by atoms with Crippen molar-refractivity contribution < 1.29 is 0 Å². The second-order valence-corrected chi connectivity index (χ2v) is 2.30. The minimum Gasteiger partial charge on any atom is -0.329 e. The molecule has 9 heavy (non-hydrogen) atoms. The summed E-state index contributed by atoms with van der Waals surface area (Å²) < 4.78 is 1.99. The number of thioether (sulfide) groups is 1. The smallest absolute Gasteiger partial charge is 0.167 e. The van der Waals surface area contributed by atoms with E-state index < -0.39 is 0 Å². The van der Waals surface area contributed by atoms with Crippen molar-refractivity contribution in [2.24, 2.45) is 7.05 Å². The monoisotopic (exact) mass is 164 g/mol. The molecule has 0 atom stereocenters. The Labute approximate surface area is 65.1 Å². The van der Waals surface area contributed by atoms with E-state index in [9.17, 15) is 0 Å². The van der Waals surface area contributed by atoms with E-state index in [0.717, 1.165) is 5.16 Å². The van der Waals surface area contributed by atoms with Crippen molar-refractivity contribution >= 4 is 24.2 Å². The van der Waals surface area contributed by atoms with Crippen LogP contribution in [0.3, 0.4) is 0 Å². The average molecular weight is 165 g/mol. The molecule has 0 saturated heterocycles. The van der Waals surface area contributed by atoms with E-state index in [1.165, 1.54) is 0 Å². The van der Waals surface area contributed by atoms with Gasteiger partial charge in [-0.2, -0.15) is 0 Å². The lowest BCUT2D eigenvalue weighted by atomic mass is 10.9. The van der Waals surface area contributed by atoms with Crippen LogP contribution in [0.2, 0.25) is 0 Å². The normalized spacial score (nSPS) is 8.67. The van der Waals surface area contributed by atoms with Crippen LogP contribution < -0.4 is 0 Å². The molecule has 0 aliphatic heterocycles. The third-order valence-electron chi connectivity index (χ3n) is 0.960. The van der Waals surface area contributed by atoms with Gasteiger partial charge >= 0.3 is 0 Å². The molecule has 52 valence electrons. The molecule has 1 heterocycles. The maximum Gasteiger partial charge on any atom is 0.167 e. The summed E-state index contributed by atoms with van der Waals surface area (Å²) in [4.78, 5) is 4.06. The van der Waals surface area contributed by atoms with Crippen molar-refractivity contribution in [2.75, 3.05) is 6.26 Å². The third kappa shape index (κ3) is 1.91. The molecule has 0 N–H and O–H groups in total. The summed E-state index contributed by atoms with van der Waals surface area (Å²) in [5.74, 6) is 0. The first-order valence-corrected chi connectivity index (χ1v) is 3.58. The Morgan fingerprint density at radius 2 is 2.33 bits per heavy atom. The first-order chi connectivity index (χ1) is 3.84. The van der Waals surface area contributed by atoms with Crippen molar-refractivity contribution in [1.82, 2.24) is 9.55 Å². The zero-order chi connectivity index (χ0) is 5.98. The Bertz CT molecular complexity index is 175. The van der Waals surface area contributed by atoms with Crippen molar-refractivity contribution in [3.8, 4) is 0 Å². The van der Waals surface area contributed by atoms with Crippen LogP contribution in [0.1, 0.15) is 0 Å². The maximum absolute atomic E-state index is 4.06. The fourth-order valence-corrected chi connectivity index (χ4v) is 1.06. The van der Waals surface area contributed by atoms with E-state index in [-0.39, 0.29) is 12.4 Å². The number of aryl methyl sites for hydroxylation is 1. The van der Waals surface area contributed by atoms with E-state index in [2.05, 4.69) is 4.98 Å². The Morgan fingerprint density at radius 3 is 2.56 bits per heavy atom. The number of rotatable bonds is 1. The number of halogens is 1. The predicted octanol–water partition coefficient (Wildman–Crippen LogP) is 1.56. The Balaban J connectivity index is 0.000000640. The standard InChI is InChI=1S/C5H8N2S.ClH/c1-7-4-3-6-5(7)8-2;/h3-4H,1-2H3;1H. The molecule has 0 aliphatic rings. The second-order valence-electron chi connectivity index (χ2n) is 1.52. The summed E-state index contributed by atoms with van der Waals surface area (Å²) in [6.07, 6.45) is 5.75. The lowest BCUT2D eigenvalue weighted by molar-refractivity contribution is 0.791. The zero-order valence-corrected chi connectivity index (χ0v) is 7.00. The van der Waals surface area contributed by atoms with Crippen molar-refractivity contribution in [2.45, 2.75) is 5.16 Å². The molecule has 0 aliphatic carbocycles. The van der Waals surface area contributed by atoms with Crippen LogP contribution in [-0.2, 0) is 7.05 Å². The lowest BCUT2D eigenvalue weighted by Gasteiger charge is -1.92. The fourth-order valence-electron chi connectivity index (χ4n) is 0.549. The molecule has 0 radical (unpaired) electrons. The molecular formula is C5H9ClN2S. The van der Waals surface area contributed by atoms with E-state index >= 15 is 0 Å². The molecule has 0 fully saturated rings. The summed E-state index contributed by atoms with van der Waals surface area (Å²) >= 11 is 1.65. The summed E-state index contributed by atoms with van der Waals surface area (Å²) in [6.45, 7) is 0. The summed E-state index contributed by atoms with van der Waals surface area (Å²) in [5.41, 5.74) is 0. The topological polar surface area (TPSA) is 17.8 Å². The molecule has 1 rings (SSSR count). The summed E-state index contributed by atoms with van der Waals surface area (Å²) in [6, 6.07) is 0. The highest BCUT2D eigenvalue weighted by Crippen LogP contribution is 2.08. The Hall–Kier alpha value is -0.150. The first kappa shape index (κ1) is 8.85. The highest BCUT2D eigenvalue weighted by atomic mass is 35.5. The van der Waals surface area contributed by atoms with Gasteiger partial charge in [-0.05, 0) is 6.26 Å². The average Bonchev–Trinajstić information content (AvgIpc) is 2.14. The third-order valence-corrected chi connectivity index (χ3v) is 1.72. The van der Waals surface area contributed by atoms with Gasteiger partial charge < -0.3 is 4.57 Å². The molecule has 0 aromatic carbocycles. The summed E-state index contributed by atoms with van der Waals surface area (Å²) in [5, 5.41) is 1.06. The van der Waals surface area contributed by atoms with E-state index in [1.54, 1.807) is 18.0 Å². The molecular weight excluding hydrogens is 156 g/mol. The highest BCUT2D eigenvalue weighted by molar-refractivity contribution is 7.98. The van der Waals surface area contributed by atoms with Crippen LogP contribution in [0.25, 0.3) is 0 Å². The van der Waals surface area contributed by atoms with Gasteiger partial charge in [-0.1, -0.05) is 11.8 Å². The number of hydrogen-bond acceptors (Lipinski definition) is 2. The SMILES string of the molecule is CSc1nccn1C.Cl. The van der Waals surface area contributed by atoms with Gasteiger partial charge in [0.1, 0.15) is 0 Å². The van der Waals surface area contributed by atoms with Gasteiger partial charge in [0.25, 0.3) is 0 Å². The van der Waals surface area contributed by atoms with Gasteiger partial charge in [0.15, 0.2) is 5.16 Å². The molecule has 0 bridgehead atoms. The van der Waals surface area contributed by atoms with Crippen molar-refractivity contribution in [1.29, 1.82) is 0 Å².